The van der Waals surface area contributed by atoms with Gasteiger partial charge in [-0.05, 0) is 13.0 Å². The molecule has 0 unspecified atom stereocenters. The lowest BCUT2D eigenvalue weighted by Crippen LogP contribution is -2.47. The number of fused-ring (bicyclic) bond motifs is 1. The molecule has 0 radical (unpaired) electrons. The lowest BCUT2D eigenvalue weighted by atomic mass is 10.3. The largest absolute Gasteiger partial charge is 0.378 e. The molecule has 0 atom stereocenters. The van der Waals surface area contributed by atoms with E-state index in [0.29, 0.717) is 0 Å². The van der Waals surface area contributed by atoms with Crippen molar-refractivity contribution < 1.29 is 4.74 Å². The maximum atomic E-state index is 5.46. The molecule has 9 nitrogen and oxygen atoms in total. The molecule has 0 aromatic carbocycles. The Kier molecular flexibility index (Phi) is 4.44. The van der Waals surface area contributed by atoms with Gasteiger partial charge in [0.1, 0.15) is 23.6 Å². The number of ether oxygens (including phenoxy) is 1. The third-order valence-corrected chi connectivity index (χ3v) is 5.36. The summed E-state index contributed by atoms with van der Waals surface area (Å²) in [6.07, 6.45) is 3.53. The van der Waals surface area contributed by atoms with Crippen molar-refractivity contribution in [1.82, 2.24) is 24.9 Å². The van der Waals surface area contributed by atoms with Gasteiger partial charge in [-0.2, -0.15) is 4.98 Å². The van der Waals surface area contributed by atoms with Crippen LogP contribution in [0.25, 0.3) is 11.0 Å². The number of hydrogen-bond acceptors (Lipinski definition) is 8. The molecule has 2 saturated heterocycles. The third kappa shape index (κ3) is 3.22. The van der Waals surface area contributed by atoms with Crippen molar-refractivity contribution in [3.63, 3.8) is 0 Å². The molecule has 5 rings (SSSR count). The summed E-state index contributed by atoms with van der Waals surface area (Å²) in [5.74, 6) is 2.80. The molecule has 0 bridgehead atoms. The molecular weight excluding hydrogens is 356 g/mol. The highest BCUT2D eigenvalue weighted by Crippen LogP contribution is 2.25. The average molecular weight is 380 g/mol. The topological polar surface area (TPSA) is 86.3 Å². The highest BCUT2D eigenvalue weighted by Gasteiger charge is 2.23. The molecule has 2 aliphatic heterocycles. The predicted octanol–water partition coefficient (Wildman–Crippen LogP) is 1.22. The molecule has 9 heteroatoms. The normalized spacial score (nSPS) is 18.1. The Morgan fingerprint density at radius 2 is 1.71 bits per heavy atom. The van der Waals surface area contributed by atoms with Crippen molar-refractivity contribution in [1.29, 1.82) is 0 Å². The number of nitrogens with one attached hydrogen (secondary N) is 1. The van der Waals surface area contributed by atoms with Crippen LogP contribution < -0.4 is 14.7 Å². The van der Waals surface area contributed by atoms with Crippen LogP contribution in [0.1, 0.15) is 5.69 Å². The second-order valence-electron chi connectivity index (χ2n) is 7.18. The average Bonchev–Trinajstić information content (AvgIpc) is 3.23. The van der Waals surface area contributed by atoms with E-state index >= 15 is 0 Å². The van der Waals surface area contributed by atoms with Gasteiger partial charge in [0.15, 0.2) is 0 Å². The van der Waals surface area contributed by atoms with Crippen molar-refractivity contribution in [2.75, 3.05) is 67.2 Å². The van der Waals surface area contributed by atoms with Crippen molar-refractivity contribution >= 4 is 28.6 Å². The highest BCUT2D eigenvalue weighted by molar-refractivity contribution is 5.87. The van der Waals surface area contributed by atoms with Gasteiger partial charge in [-0.25, -0.2) is 15.0 Å². The number of H-pyrrole nitrogens is 1. The van der Waals surface area contributed by atoms with Crippen molar-refractivity contribution in [3.8, 4) is 0 Å². The minimum Gasteiger partial charge on any atom is -0.378 e. The molecule has 3 aromatic heterocycles. The van der Waals surface area contributed by atoms with Crippen LogP contribution in [0.5, 0.6) is 0 Å². The Bertz CT molecular complexity index is 959. The van der Waals surface area contributed by atoms with E-state index in [2.05, 4.69) is 35.7 Å². The Balaban J connectivity index is 1.33. The van der Waals surface area contributed by atoms with E-state index < -0.39 is 0 Å². The fraction of sp³-hybridized carbons (Fsp3) is 0.474. The molecule has 1 N–H and O–H groups in total. The fourth-order valence-electron chi connectivity index (χ4n) is 3.86. The molecule has 146 valence electrons. The zero-order valence-corrected chi connectivity index (χ0v) is 16.0. The molecule has 0 aliphatic carbocycles. The Labute approximate surface area is 163 Å². The first-order valence-corrected chi connectivity index (χ1v) is 9.74. The number of morpholine rings is 1. The van der Waals surface area contributed by atoms with E-state index in [9.17, 15) is 0 Å². The van der Waals surface area contributed by atoms with Crippen molar-refractivity contribution in [2.45, 2.75) is 6.92 Å². The fourth-order valence-corrected chi connectivity index (χ4v) is 3.86. The van der Waals surface area contributed by atoms with E-state index in [1.807, 2.05) is 19.2 Å². The minimum atomic E-state index is 0.754. The van der Waals surface area contributed by atoms with Gasteiger partial charge in [-0.15, -0.1) is 0 Å². The van der Waals surface area contributed by atoms with E-state index in [4.69, 9.17) is 14.7 Å². The molecule has 3 aromatic rings. The predicted molar refractivity (Wildman–Crippen MR) is 108 cm³/mol. The van der Waals surface area contributed by atoms with Gasteiger partial charge in [0.25, 0.3) is 0 Å². The Morgan fingerprint density at radius 1 is 0.929 bits per heavy atom. The zero-order chi connectivity index (χ0) is 18.9. The smallest absolute Gasteiger partial charge is 0.227 e. The Morgan fingerprint density at radius 3 is 2.54 bits per heavy atom. The molecule has 0 amide bonds. The van der Waals surface area contributed by atoms with Gasteiger partial charge in [-0.3, -0.25) is 0 Å². The number of rotatable bonds is 3. The van der Waals surface area contributed by atoms with Crippen LogP contribution in [0.15, 0.2) is 24.7 Å². The third-order valence-electron chi connectivity index (χ3n) is 5.36. The number of nitrogens with zero attached hydrogens (tertiary/aromatic N) is 7. The van der Waals surface area contributed by atoms with Crippen LogP contribution in [0, 0.1) is 6.92 Å². The second kappa shape index (κ2) is 7.23. The second-order valence-corrected chi connectivity index (χ2v) is 7.18. The monoisotopic (exact) mass is 380 g/mol. The Hall–Kier alpha value is -2.94. The number of piperazine rings is 1. The quantitative estimate of drug-likeness (QED) is 0.726. The summed E-state index contributed by atoms with van der Waals surface area (Å²) in [5.41, 5.74) is 1.88. The van der Waals surface area contributed by atoms with Crippen LogP contribution in [0.3, 0.4) is 0 Å². The summed E-state index contributed by atoms with van der Waals surface area (Å²) in [5, 5.41) is 1.07. The lowest BCUT2D eigenvalue weighted by molar-refractivity contribution is 0.122. The maximum absolute atomic E-state index is 5.46. The van der Waals surface area contributed by atoms with Crippen LogP contribution in [0.2, 0.25) is 0 Å². The van der Waals surface area contributed by atoms with Crippen LogP contribution in [-0.4, -0.2) is 77.4 Å². The standard InChI is InChI=1S/C19H24N8O/c1-14-12-16(25-8-10-28-11-9-25)24-19(23-14)27-6-4-26(5-7-27)18-15-2-3-20-17(15)21-13-22-18/h2-3,12-13H,4-11H2,1H3,(H,20,21,22). The summed E-state index contributed by atoms with van der Waals surface area (Å²) < 4.78 is 5.46. The number of anilines is 3. The molecule has 0 saturated carbocycles. The number of aromatic amines is 1. The summed E-state index contributed by atoms with van der Waals surface area (Å²) in [6.45, 7) is 8.78. The SMILES string of the molecule is Cc1cc(N2CCOCC2)nc(N2CCN(c3ncnc4[nH]ccc34)CC2)n1. The molecular formula is C19H24N8O. The molecule has 5 heterocycles. The summed E-state index contributed by atoms with van der Waals surface area (Å²) >= 11 is 0. The minimum absolute atomic E-state index is 0.754. The van der Waals surface area contributed by atoms with E-state index in [-0.39, 0.29) is 0 Å². The maximum Gasteiger partial charge on any atom is 0.227 e. The van der Waals surface area contributed by atoms with Gasteiger partial charge in [0.05, 0.1) is 18.6 Å². The summed E-state index contributed by atoms with van der Waals surface area (Å²) in [6, 6.07) is 4.10. The first kappa shape index (κ1) is 17.2. The van der Waals surface area contributed by atoms with E-state index in [0.717, 1.165) is 86.8 Å². The zero-order valence-electron chi connectivity index (χ0n) is 16.0. The highest BCUT2D eigenvalue weighted by atomic mass is 16.5. The van der Waals surface area contributed by atoms with Gasteiger partial charge in [0.2, 0.25) is 5.95 Å². The van der Waals surface area contributed by atoms with E-state index in [1.54, 1.807) is 6.33 Å². The summed E-state index contributed by atoms with van der Waals surface area (Å²) in [4.78, 5) is 28.4. The van der Waals surface area contributed by atoms with Gasteiger partial charge in [-0.1, -0.05) is 0 Å². The molecule has 0 spiro atoms. The van der Waals surface area contributed by atoms with Crippen molar-refractivity contribution in [2.24, 2.45) is 0 Å². The molecule has 28 heavy (non-hydrogen) atoms. The van der Waals surface area contributed by atoms with Crippen LogP contribution >= 0.6 is 0 Å². The molecule has 2 aliphatic rings. The van der Waals surface area contributed by atoms with Gasteiger partial charge >= 0.3 is 0 Å². The van der Waals surface area contributed by atoms with Crippen LogP contribution in [-0.2, 0) is 4.74 Å². The van der Waals surface area contributed by atoms with Gasteiger partial charge in [0, 0.05) is 57.2 Å². The first-order valence-electron chi connectivity index (χ1n) is 9.74. The number of aryl methyl sites for hydroxylation is 1. The van der Waals surface area contributed by atoms with Crippen molar-refractivity contribution in [3.05, 3.63) is 30.4 Å². The summed E-state index contributed by atoms with van der Waals surface area (Å²) in [7, 11) is 0. The number of hydrogen-bond donors (Lipinski definition) is 1. The van der Waals surface area contributed by atoms with Crippen LogP contribution in [0.4, 0.5) is 17.6 Å². The molecule has 2 fully saturated rings. The van der Waals surface area contributed by atoms with E-state index in [1.165, 1.54) is 0 Å². The first-order chi connectivity index (χ1) is 13.8. The lowest BCUT2D eigenvalue weighted by Gasteiger charge is -2.36. The van der Waals surface area contributed by atoms with Gasteiger partial charge < -0.3 is 24.4 Å². The number of aromatic nitrogens is 5.